The van der Waals surface area contributed by atoms with Gasteiger partial charge in [-0.3, -0.25) is 4.79 Å². The molecule has 6 heteroatoms. The zero-order chi connectivity index (χ0) is 13.2. The summed E-state index contributed by atoms with van der Waals surface area (Å²) in [5, 5.41) is 9.22. The summed E-state index contributed by atoms with van der Waals surface area (Å²) in [5.74, 6) is 0.369. The van der Waals surface area contributed by atoms with E-state index in [1.807, 2.05) is 0 Å². The Hall–Kier alpha value is -0.750. The van der Waals surface area contributed by atoms with E-state index in [0.717, 1.165) is 31.4 Å². The number of carboxylic acids is 1. The van der Waals surface area contributed by atoms with Gasteiger partial charge >= 0.3 is 5.97 Å². The van der Waals surface area contributed by atoms with E-state index in [-0.39, 0.29) is 5.91 Å². The Kier molecular flexibility index (Phi) is 4.17. The molecule has 0 spiro atoms. The van der Waals surface area contributed by atoms with E-state index < -0.39 is 17.4 Å². The molecule has 1 amide bonds. The summed E-state index contributed by atoms with van der Waals surface area (Å²) < 4.78 is 0. The fourth-order valence-corrected chi connectivity index (χ4v) is 3.95. The Morgan fingerprint density at radius 1 is 1.39 bits per heavy atom. The van der Waals surface area contributed by atoms with E-state index in [9.17, 15) is 14.7 Å². The van der Waals surface area contributed by atoms with Gasteiger partial charge in [0.1, 0.15) is 6.04 Å². The van der Waals surface area contributed by atoms with Crippen molar-refractivity contribution in [3.8, 4) is 0 Å². The highest BCUT2D eigenvalue weighted by Gasteiger charge is 2.45. The number of aliphatic carboxylic acids is 1. The Bertz CT molecular complexity index is 342. The predicted molar refractivity (Wildman–Crippen MR) is 70.4 cm³/mol. The van der Waals surface area contributed by atoms with Crippen LogP contribution in [0.2, 0.25) is 0 Å². The van der Waals surface area contributed by atoms with Gasteiger partial charge in [-0.1, -0.05) is 12.8 Å². The molecule has 0 aromatic heterocycles. The van der Waals surface area contributed by atoms with Crippen LogP contribution in [0.1, 0.15) is 25.7 Å². The molecule has 2 rings (SSSR count). The van der Waals surface area contributed by atoms with Gasteiger partial charge in [-0.15, -0.1) is 0 Å². The summed E-state index contributed by atoms with van der Waals surface area (Å²) in [5.41, 5.74) is 5.31. The summed E-state index contributed by atoms with van der Waals surface area (Å²) in [4.78, 5) is 25.4. The van der Waals surface area contributed by atoms with Crippen LogP contribution in [0.3, 0.4) is 0 Å². The van der Waals surface area contributed by atoms with Crippen LogP contribution in [-0.4, -0.2) is 52.5 Å². The molecule has 1 aliphatic carbocycles. The minimum atomic E-state index is -0.902. The number of hydrogen-bond acceptors (Lipinski definition) is 4. The Morgan fingerprint density at radius 3 is 2.61 bits per heavy atom. The van der Waals surface area contributed by atoms with Crippen LogP contribution < -0.4 is 5.73 Å². The normalized spacial score (nSPS) is 27.2. The molecule has 3 N–H and O–H groups in total. The lowest BCUT2D eigenvalue weighted by atomic mass is 9.84. The minimum Gasteiger partial charge on any atom is -0.480 e. The fraction of sp³-hybridized carbons (Fsp3) is 0.833. The maximum Gasteiger partial charge on any atom is 0.327 e. The number of nitrogens with two attached hydrogens (primary N) is 1. The second kappa shape index (κ2) is 5.48. The Labute approximate surface area is 111 Å². The number of hydrogen-bond donors (Lipinski definition) is 2. The summed E-state index contributed by atoms with van der Waals surface area (Å²) in [6.07, 6.45) is 3.64. The van der Waals surface area contributed by atoms with Gasteiger partial charge < -0.3 is 15.7 Å². The van der Waals surface area contributed by atoms with Crippen molar-refractivity contribution in [2.45, 2.75) is 31.7 Å². The quantitative estimate of drug-likeness (QED) is 0.783. The lowest BCUT2D eigenvalue weighted by Gasteiger charge is -2.39. The van der Waals surface area contributed by atoms with Gasteiger partial charge in [0.15, 0.2) is 0 Å². The molecule has 18 heavy (non-hydrogen) atoms. The molecule has 1 atom stereocenters. The van der Waals surface area contributed by atoms with Gasteiger partial charge in [-0.2, -0.15) is 11.8 Å². The van der Waals surface area contributed by atoms with Gasteiger partial charge in [0.05, 0.1) is 5.41 Å². The first-order valence-corrected chi connectivity index (χ1v) is 7.58. The lowest BCUT2D eigenvalue weighted by Crippen LogP contribution is -2.56. The fourth-order valence-electron chi connectivity index (χ4n) is 2.91. The molecule has 1 aliphatic heterocycles. The van der Waals surface area contributed by atoms with Crippen molar-refractivity contribution in [3.05, 3.63) is 0 Å². The maximum atomic E-state index is 12.6. The van der Waals surface area contributed by atoms with Crippen molar-refractivity contribution in [2.24, 2.45) is 11.1 Å². The third-order valence-electron chi connectivity index (χ3n) is 4.08. The lowest BCUT2D eigenvalue weighted by molar-refractivity contribution is -0.154. The number of amides is 1. The van der Waals surface area contributed by atoms with Crippen LogP contribution in [0.5, 0.6) is 0 Å². The molecule has 1 unspecified atom stereocenters. The molecule has 0 aromatic rings. The van der Waals surface area contributed by atoms with E-state index in [4.69, 9.17) is 5.73 Å². The first-order valence-electron chi connectivity index (χ1n) is 6.42. The first-order chi connectivity index (χ1) is 8.60. The topological polar surface area (TPSA) is 83.6 Å². The van der Waals surface area contributed by atoms with E-state index in [2.05, 4.69) is 0 Å². The van der Waals surface area contributed by atoms with Crippen molar-refractivity contribution < 1.29 is 14.7 Å². The van der Waals surface area contributed by atoms with Crippen molar-refractivity contribution in [2.75, 3.05) is 24.6 Å². The average Bonchev–Trinajstić information content (AvgIpc) is 2.87. The first kappa shape index (κ1) is 13.7. The van der Waals surface area contributed by atoms with E-state index >= 15 is 0 Å². The van der Waals surface area contributed by atoms with Crippen molar-refractivity contribution in [1.82, 2.24) is 4.90 Å². The third-order valence-corrected chi connectivity index (χ3v) is 5.10. The number of carboxylic acid groups (broad SMARTS) is 1. The summed E-state index contributed by atoms with van der Waals surface area (Å²) >= 11 is 1.60. The number of nitrogens with zero attached hydrogens (tertiary/aromatic N) is 1. The van der Waals surface area contributed by atoms with Gasteiger partial charge in [0.25, 0.3) is 0 Å². The second-order valence-corrected chi connectivity index (χ2v) is 6.27. The van der Waals surface area contributed by atoms with E-state index in [1.54, 1.807) is 16.7 Å². The Morgan fingerprint density at radius 2 is 2.06 bits per heavy atom. The number of rotatable bonds is 3. The molecule has 5 nitrogen and oxygen atoms in total. The molecule has 0 aromatic carbocycles. The zero-order valence-electron chi connectivity index (χ0n) is 10.4. The van der Waals surface area contributed by atoms with Crippen LogP contribution in [0, 0.1) is 5.41 Å². The third kappa shape index (κ3) is 2.36. The standard InChI is InChI=1S/C12H20N2O3S/c13-8-12(3-1-2-4-12)11(17)14-5-6-18-7-9(14)10(15)16/h9H,1-8,13H2,(H,15,16). The smallest absolute Gasteiger partial charge is 0.327 e. The second-order valence-electron chi connectivity index (χ2n) is 5.12. The molecule has 2 aliphatic rings. The van der Waals surface area contributed by atoms with Gasteiger partial charge in [-0.25, -0.2) is 4.79 Å². The molecular formula is C12H20N2O3S. The minimum absolute atomic E-state index is 0.0322. The maximum absolute atomic E-state index is 12.6. The van der Waals surface area contributed by atoms with Gasteiger partial charge in [0, 0.05) is 24.6 Å². The SMILES string of the molecule is NCC1(C(=O)N2CCSCC2C(=O)O)CCCC1. The predicted octanol–water partition coefficient (Wildman–Crippen LogP) is 0.534. The monoisotopic (exact) mass is 272 g/mol. The van der Waals surface area contributed by atoms with Gasteiger partial charge in [0.2, 0.25) is 5.91 Å². The highest BCUT2D eigenvalue weighted by Crippen LogP contribution is 2.39. The molecule has 1 heterocycles. The van der Waals surface area contributed by atoms with Crippen LogP contribution >= 0.6 is 11.8 Å². The molecule has 102 valence electrons. The average molecular weight is 272 g/mol. The Balaban J connectivity index is 2.17. The van der Waals surface area contributed by atoms with Crippen LogP contribution in [-0.2, 0) is 9.59 Å². The van der Waals surface area contributed by atoms with E-state index in [1.165, 1.54) is 0 Å². The molecule has 1 saturated heterocycles. The van der Waals surface area contributed by atoms with Crippen LogP contribution in [0.4, 0.5) is 0 Å². The van der Waals surface area contributed by atoms with Crippen LogP contribution in [0.15, 0.2) is 0 Å². The largest absolute Gasteiger partial charge is 0.480 e. The molecular weight excluding hydrogens is 252 g/mol. The van der Waals surface area contributed by atoms with Crippen molar-refractivity contribution in [1.29, 1.82) is 0 Å². The number of carbonyl (C=O) groups is 2. The highest BCUT2D eigenvalue weighted by atomic mass is 32.2. The molecule has 2 fully saturated rings. The van der Waals surface area contributed by atoms with Crippen molar-refractivity contribution >= 4 is 23.6 Å². The molecule has 0 radical (unpaired) electrons. The van der Waals surface area contributed by atoms with Gasteiger partial charge in [-0.05, 0) is 12.8 Å². The number of carbonyl (C=O) groups excluding carboxylic acids is 1. The number of thioether (sulfide) groups is 1. The zero-order valence-corrected chi connectivity index (χ0v) is 11.2. The molecule has 0 bridgehead atoms. The summed E-state index contributed by atoms with van der Waals surface area (Å²) in [6, 6.07) is -0.680. The summed E-state index contributed by atoms with van der Waals surface area (Å²) in [6.45, 7) is 0.865. The summed E-state index contributed by atoms with van der Waals surface area (Å²) in [7, 11) is 0. The molecule has 1 saturated carbocycles. The van der Waals surface area contributed by atoms with Crippen molar-refractivity contribution in [3.63, 3.8) is 0 Å². The highest BCUT2D eigenvalue weighted by molar-refractivity contribution is 7.99. The van der Waals surface area contributed by atoms with Crippen LogP contribution in [0.25, 0.3) is 0 Å². The van der Waals surface area contributed by atoms with E-state index in [0.29, 0.717) is 18.8 Å².